The molecule has 1 nitrogen and oxygen atoms in total. The summed E-state index contributed by atoms with van der Waals surface area (Å²) in [5.41, 5.74) is 1.41. The fourth-order valence-corrected chi connectivity index (χ4v) is 3.39. The Balaban J connectivity index is 1.77. The Hall–Kier alpha value is -0.860. The van der Waals surface area contributed by atoms with Gasteiger partial charge in [-0.1, -0.05) is 58.4 Å². The molecule has 2 atom stereocenters. The first-order chi connectivity index (χ1) is 8.83. The van der Waals surface area contributed by atoms with Crippen molar-refractivity contribution in [3.63, 3.8) is 0 Å². The molecule has 1 fully saturated rings. The summed E-state index contributed by atoms with van der Waals surface area (Å²) in [4.78, 5) is 0.529. The maximum Gasteiger partial charge on any atom is 0.0505 e. The van der Waals surface area contributed by atoms with Gasteiger partial charge in [-0.25, -0.2) is 0 Å². The highest BCUT2D eigenvalue weighted by molar-refractivity contribution is 9.09. The molecular weight excluding hydrogens is 288 g/mol. The number of hydrogen-bond acceptors (Lipinski definition) is 1. The van der Waals surface area contributed by atoms with E-state index in [9.17, 15) is 0 Å². The van der Waals surface area contributed by atoms with Crippen molar-refractivity contribution < 1.29 is 4.74 Å². The number of halogens is 1. The first-order valence-electron chi connectivity index (χ1n) is 6.52. The van der Waals surface area contributed by atoms with Gasteiger partial charge in [-0.05, 0) is 35.1 Å². The number of ether oxygens (including phenoxy) is 1. The van der Waals surface area contributed by atoms with E-state index in [-0.39, 0.29) is 0 Å². The van der Waals surface area contributed by atoms with E-state index >= 15 is 0 Å². The van der Waals surface area contributed by atoms with E-state index < -0.39 is 0 Å². The third kappa shape index (κ3) is 2.60. The summed E-state index contributed by atoms with van der Waals surface area (Å²) in [7, 11) is 0. The molecule has 94 valence electrons. The van der Waals surface area contributed by atoms with E-state index in [0.717, 1.165) is 19.6 Å². The highest BCUT2D eigenvalue weighted by atomic mass is 79.9. The summed E-state index contributed by atoms with van der Waals surface area (Å²) >= 11 is 3.83. The van der Waals surface area contributed by atoms with Gasteiger partial charge in [-0.2, -0.15) is 0 Å². The molecule has 2 aromatic rings. The molecule has 1 aliphatic heterocycles. The molecule has 0 bridgehead atoms. The van der Waals surface area contributed by atoms with Gasteiger partial charge in [0, 0.05) is 11.4 Å². The largest absolute Gasteiger partial charge is 0.381 e. The zero-order chi connectivity index (χ0) is 12.4. The van der Waals surface area contributed by atoms with Crippen LogP contribution in [0.1, 0.15) is 12.0 Å². The van der Waals surface area contributed by atoms with Gasteiger partial charge in [0.25, 0.3) is 0 Å². The lowest BCUT2D eigenvalue weighted by Gasteiger charge is -2.16. The molecule has 0 radical (unpaired) electrons. The van der Waals surface area contributed by atoms with E-state index in [0.29, 0.717) is 10.7 Å². The monoisotopic (exact) mass is 304 g/mol. The smallest absolute Gasteiger partial charge is 0.0505 e. The second kappa shape index (κ2) is 5.41. The number of rotatable bonds is 3. The van der Waals surface area contributed by atoms with Crippen molar-refractivity contribution >= 4 is 26.7 Å². The molecule has 0 spiro atoms. The molecule has 2 heteroatoms. The molecule has 18 heavy (non-hydrogen) atoms. The summed E-state index contributed by atoms with van der Waals surface area (Å²) in [5, 5.41) is 2.65. The highest BCUT2D eigenvalue weighted by Crippen LogP contribution is 2.26. The van der Waals surface area contributed by atoms with Gasteiger partial charge in [-0.3, -0.25) is 0 Å². The van der Waals surface area contributed by atoms with Gasteiger partial charge in [0.05, 0.1) is 6.61 Å². The number of fused-ring (bicyclic) bond motifs is 1. The van der Waals surface area contributed by atoms with Crippen LogP contribution in [-0.4, -0.2) is 18.0 Å². The SMILES string of the molecule is BrC(Cc1ccc2ccccc2c1)C1CCOC1. The average Bonchev–Trinajstić information content (AvgIpc) is 2.92. The predicted octanol–water partition coefficient (Wildman–Crippen LogP) is 4.18. The van der Waals surface area contributed by atoms with Gasteiger partial charge in [0.1, 0.15) is 0 Å². The summed E-state index contributed by atoms with van der Waals surface area (Å²) in [6.07, 6.45) is 2.27. The highest BCUT2D eigenvalue weighted by Gasteiger charge is 2.23. The van der Waals surface area contributed by atoms with E-state index in [1.807, 2.05) is 0 Å². The van der Waals surface area contributed by atoms with Crippen molar-refractivity contribution in [3.05, 3.63) is 48.0 Å². The van der Waals surface area contributed by atoms with Crippen molar-refractivity contribution in [2.45, 2.75) is 17.7 Å². The number of hydrogen-bond donors (Lipinski definition) is 0. The van der Waals surface area contributed by atoms with E-state index in [1.165, 1.54) is 22.8 Å². The topological polar surface area (TPSA) is 9.23 Å². The molecule has 0 saturated carbocycles. The Bertz CT molecular complexity index is 531. The summed E-state index contributed by atoms with van der Waals surface area (Å²) < 4.78 is 5.46. The molecule has 0 amide bonds. The second-order valence-electron chi connectivity index (χ2n) is 5.03. The second-order valence-corrected chi connectivity index (χ2v) is 6.20. The third-order valence-electron chi connectivity index (χ3n) is 3.72. The Kier molecular flexibility index (Phi) is 3.67. The van der Waals surface area contributed by atoms with Gasteiger partial charge in [0.15, 0.2) is 0 Å². The van der Waals surface area contributed by atoms with Crippen molar-refractivity contribution in [1.82, 2.24) is 0 Å². The van der Waals surface area contributed by atoms with E-state index in [2.05, 4.69) is 58.4 Å². The van der Waals surface area contributed by atoms with Crippen molar-refractivity contribution in [3.8, 4) is 0 Å². The average molecular weight is 305 g/mol. The first-order valence-corrected chi connectivity index (χ1v) is 7.44. The fraction of sp³-hybridized carbons (Fsp3) is 0.375. The van der Waals surface area contributed by atoms with Crippen LogP contribution in [0.15, 0.2) is 42.5 Å². The van der Waals surface area contributed by atoms with E-state index in [4.69, 9.17) is 4.74 Å². The molecule has 2 unspecified atom stereocenters. The first kappa shape index (κ1) is 12.2. The maximum absolute atomic E-state index is 5.46. The zero-order valence-electron chi connectivity index (χ0n) is 10.3. The number of benzene rings is 2. The minimum absolute atomic E-state index is 0.529. The Labute approximate surface area is 116 Å². The zero-order valence-corrected chi connectivity index (χ0v) is 11.9. The lowest BCUT2D eigenvalue weighted by atomic mass is 9.97. The van der Waals surface area contributed by atoms with Gasteiger partial charge < -0.3 is 4.74 Å². The molecule has 0 aliphatic carbocycles. The lowest BCUT2D eigenvalue weighted by Crippen LogP contribution is -2.16. The Morgan fingerprint density at radius 3 is 2.78 bits per heavy atom. The van der Waals surface area contributed by atoms with Crippen LogP contribution in [0.2, 0.25) is 0 Å². The van der Waals surface area contributed by atoms with Crippen molar-refractivity contribution in [1.29, 1.82) is 0 Å². The molecular formula is C16H17BrO. The molecule has 1 aliphatic rings. The summed E-state index contributed by atoms with van der Waals surface area (Å²) in [6.45, 7) is 1.83. The standard InChI is InChI=1S/C16H17BrO/c17-16(15-7-8-18-11-15)10-12-5-6-13-3-1-2-4-14(13)9-12/h1-6,9,15-16H,7-8,10-11H2. The van der Waals surface area contributed by atoms with Gasteiger partial charge in [0.2, 0.25) is 0 Å². The quantitative estimate of drug-likeness (QED) is 0.773. The third-order valence-corrected chi connectivity index (χ3v) is 4.79. The fourth-order valence-electron chi connectivity index (χ4n) is 2.60. The molecule has 3 rings (SSSR count). The summed E-state index contributed by atoms with van der Waals surface area (Å²) in [5.74, 6) is 0.663. The van der Waals surface area contributed by atoms with Gasteiger partial charge >= 0.3 is 0 Å². The molecule has 0 N–H and O–H groups in total. The molecule has 0 aromatic heterocycles. The number of alkyl halides is 1. The normalized spacial score (nSPS) is 21.3. The Morgan fingerprint density at radius 2 is 2.00 bits per heavy atom. The van der Waals surface area contributed by atoms with Crippen molar-refractivity contribution in [2.24, 2.45) is 5.92 Å². The lowest BCUT2D eigenvalue weighted by molar-refractivity contribution is 0.185. The van der Waals surface area contributed by atoms with Crippen LogP contribution in [0, 0.1) is 5.92 Å². The van der Waals surface area contributed by atoms with Crippen molar-refractivity contribution in [2.75, 3.05) is 13.2 Å². The van der Waals surface area contributed by atoms with Crippen LogP contribution in [-0.2, 0) is 11.2 Å². The van der Waals surface area contributed by atoms with Crippen LogP contribution in [0.4, 0.5) is 0 Å². The molecule has 1 heterocycles. The molecule has 1 saturated heterocycles. The van der Waals surface area contributed by atoms with Crippen LogP contribution in [0.5, 0.6) is 0 Å². The minimum atomic E-state index is 0.529. The van der Waals surface area contributed by atoms with Crippen LogP contribution in [0.25, 0.3) is 10.8 Å². The maximum atomic E-state index is 5.46. The van der Waals surface area contributed by atoms with Crippen LogP contribution in [0.3, 0.4) is 0 Å². The summed E-state index contributed by atoms with van der Waals surface area (Å²) in [6, 6.07) is 15.3. The minimum Gasteiger partial charge on any atom is -0.381 e. The Morgan fingerprint density at radius 1 is 1.17 bits per heavy atom. The van der Waals surface area contributed by atoms with Crippen LogP contribution < -0.4 is 0 Å². The molecule has 2 aromatic carbocycles. The van der Waals surface area contributed by atoms with E-state index in [1.54, 1.807) is 0 Å². The predicted molar refractivity (Wildman–Crippen MR) is 79.3 cm³/mol. The van der Waals surface area contributed by atoms with Crippen LogP contribution >= 0.6 is 15.9 Å². The van der Waals surface area contributed by atoms with Gasteiger partial charge in [-0.15, -0.1) is 0 Å².